The van der Waals surface area contributed by atoms with Gasteiger partial charge in [-0.05, 0) is 35.7 Å². The van der Waals surface area contributed by atoms with E-state index in [2.05, 4.69) is 5.32 Å². The van der Waals surface area contributed by atoms with Gasteiger partial charge < -0.3 is 14.8 Å². The molecule has 0 aromatic heterocycles. The normalized spacial score (nSPS) is 13.9. The summed E-state index contributed by atoms with van der Waals surface area (Å²) < 4.78 is 24.6. The summed E-state index contributed by atoms with van der Waals surface area (Å²) in [5, 5.41) is 13.8. The zero-order valence-corrected chi connectivity index (χ0v) is 14.9. The second kappa shape index (κ2) is 7.61. The Morgan fingerprint density at radius 3 is 2.52 bits per heavy atom. The number of amides is 1. The number of fused-ring (bicyclic) bond motifs is 1. The predicted molar refractivity (Wildman–Crippen MR) is 95.5 cm³/mol. The van der Waals surface area contributed by atoms with Crippen LogP contribution in [-0.2, 0) is 0 Å². The molecular weight excluding hydrogens is 355 g/mol. The van der Waals surface area contributed by atoms with E-state index < -0.39 is 22.3 Å². The third-order valence-corrected chi connectivity index (χ3v) is 4.28. The van der Waals surface area contributed by atoms with Crippen LogP contribution in [0.3, 0.4) is 0 Å². The van der Waals surface area contributed by atoms with Gasteiger partial charge in [0.1, 0.15) is 13.2 Å². The van der Waals surface area contributed by atoms with E-state index in [4.69, 9.17) is 9.47 Å². The van der Waals surface area contributed by atoms with Crippen molar-refractivity contribution in [1.82, 2.24) is 5.32 Å². The van der Waals surface area contributed by atoms with E-state index in [1.165, 1.54) is 6.07 Å². The Morgan fingerprint density at radius 2 is 1.85 bits per heavy atom. The second-order valence-electron chi connectivity index (χ2n) is 6.52. The SMILES string of the molecule is CC(C)[C@H](NC(=O)c1ccc(F)c([N+](=O)[O-])c1)c1ccc2c(c1)OCCO2. The van der Waals surface area contributed by atoms with Crippen LogP contribution in [0.2, 0.25) is 0 Å². The lowest BCUT2D eigenvalue weighted by Gasteiger charge is -2.25. The number of ether oxygens (including phenoxy) is 2. The van der Waals surface area contributed by atoms with Gasteiger partial charge in [-0.1, -0.05) is 19.9 Å². The highest BCUT2D eigenvalue weighted by atomic mass is 19.1. The highest BCUT2D eigenvalue weighted by Gasteiger charge is 2.24. The first-order valence-electron chi connectivity index (χ1n) is 8.51. The first kappa shape index (κ1) is 18.6. The smallest absolute Gasteiger partial charge is 0.305 e. The van der Waals surface area contributed by atoms with E-state index >= 15 is 0 Å². The van der Waals surface area contributed by atoms with Crippen molar-refractivity contribution >= 4 is 11.6 Å². The summed E-state index contributed by atoms with van der Waals surface area (Å²) in [6.07, 6.45) is 0. The van der Waals surface area contributed by atoms with Gasteiger partial charge >= 0.3 is 5.69 Å². The van der Waals surface area contributed by atoms with Crippen LogP contribution in [-0.4, -0.2) is 24.0 Å². The molecule has 142 valence electrons. The van der Waals surface area contributed by atoms with Crippen LogP contribution < -0.4 is 14.8 Å². The molecule has 1 aliphatic heterocycles. The highest BCUT2D eigenvalue weighted by molar-refractivity contribution is 5.95. The Kier molecular flexibility index (Phi) is 5.25. The lowest BCUT2D eigenvalue weighted by molar-refractivity contribution is -0.387. The van der Waals surface area contributed by atoms with E-state index in [1.807, 2.05) is 26.0 Å². The number of benzene rings is 2. The molecule has 0 bridgehead atoms. The zero-order valence-electron chi connectivity index (χ0n) is 14.9. The zero-order chi connectivity index (χ0) is 19.6. The minimum atomic E-state index is -0.983. The monoisotopic (exact) mass is 374 g/mol. The number of hydrogen-bond donors (Lipinski definition) is 1. The van der Waals surface area contributed by atoms with Gasteiger partial charge in [-0.25, -0.2) is 0 Å². The van der Waals surface area contributed by atoms with E-state index in [1.54, 1.807) is 6.07 Å². The molecule has 0 spiro atoms. The molecule has 2 aromatic carbocycles. The Morgan fingerprint density at radius 1 is 1.15 bits per heavy atom. The fourth-order valence-corrected chi connectivity index (χ4v) is 2.91. The van der Waals surface area contributed by atoms with Crippen molar-refractivity contribution in [2.75, 3.05) is 13.2 Å². The third-order valence-electron chi connectivity index (χ3n) is 4.28. The van der Waals surface area contributed by atoms with E-state index in [-0.39, 0.29) is 17.5 Å². The number of rotatable bonds is 5. The molecule has 0 aliphatic carbocycles. The Labute approximate surface area is 155 Å². The molecular formula is C19H19FN2O5. The maximum atomic E-state index is 13.5. The molecule has 1 N–H and O–H groups in total. The van der Waals surface area contributed by atoms with Crippen molar-refractivity contribution in [2.24, 2.45) is 5.92 Å². The van der Waals surface area contributed by atoms with Crippen molar-refractivity contribution in [3.05, 3.63) is 63.5 Å². The lowest BCUT2D eigenvalue weighted by atomic mass is 9.95. The molecule has 1 atom stereocenters. The van der Waals surface area contributed by atoms with Gasteiger partial charge in [-0.2, -0.15) is 4.39 Å². The van der Waals surface area contributed by atoms with Crippen LogP contribution in [0.1, 0.15) is 35.8 Å². The van der Waals surface area contributed by atoms with Crippen LogP contribution in [0.5, 0.6) is 11.5 Å². The van der Waals surface area contributed by atoms with Crippen LogP contribution in [0, 0.1) is 21.8 Å². The number of nitrogens with zero attached hydrogens (tertiary/aromatic N) is 1. The van der Waals surface area contributed by atoms with Crippen molar-refractivity contribution < 1.29 is 23.6 Å². The van der Waals surface area contributed by atoms with Crippen molar-refractivity contribution in [3.63, 3.8) is 0 Å². The minimum absolute atomic E-state index is 0.0197. The third kappa shape index (κ3) is 3.99. The fraction of sp³-hybridized carbons (Fsp3) is 0.316. The summed E-state index contributed by atoms with van der Waals surface area (Å²) in [7, 11) is 0. The van der Waals surface area contributed by atoms with Gasteiger partial charge in [0.25, 0.3) is 5.91 Å². The molecule has 0 saturated carbocycles. The number of carbonyl (C=O) groups excluding carboxylic acids is 1. The quantitative estimate of drug-likeness (QED) is 0.637. The molecule has 0 saturated heterocycles. The average Bonchev–Trinajstić information content (AvgIpc) is 2.65. The predicted octanol–water partition coefficient (Wildman–Crippen LogP) is 3.63. The molecule has 2 aromatic rings. The van der Waals surface area contributed by atoms with Gasteiger partial charge in [0.15, 0.2) is 11.5 Å². The first-order chi connectivity index (χ1) is 12.9. The van der Waals surface area contributed by atoms with Gasteiger partial charge in [0.2, 0.25) is 5.82 Å². The summed E-state index contributed by atoms with van der Waals surface area (Å²) in [5.74, 6) is -0.216. The molecule has 0 radical (unpaired) electrons. The highest BCUT2D eigenvalue weighted by Crippen LogP contribution is 2.34. The number of hydrogen-bond acceptors (Lipinski definition) is 5. The van der Waals surface area contributed by atoms with Gasteiger partial charge in [-0.3, -0.25) is 14.9 Å². The van der Waals surface area contributed by atoms with E-state index in [0.717, 1.165) is 17.7 Å². The molecule has 0 unspecified atom stereocenters. The largest absolute Gasteiger partial charge is 0.486 e. The maximum Gasteiger partial charge on any atom is 0.305 e. The topological polar surface area (TPSA) is 90.7 Å². The number of carbonyl (C=O) groups is 1. The average molecular weight is 374 g/mol. The van der Waals surface area contributed by atoms with Crippen LogP contribution in [0.15, 0.2) is 36.4 Å². The van der Waals surface area contributed by atoms with E-state index in [0.29, 0.717) is 24.7 Å². The number of halogens is 1. The summed E-state index contributed by atoms with van der Waals surface area (Å²) in [5.41, 5.74) is 0.105. The first-order valence-corrected chi connectivity index (χ1v) is 8.51. The Balaban J connectivity index is 1.85. The van der Waals surface area contributed by atoms with Crippen LogP contribution >= 0.6 is 0 Å². The number of nitrogens with one attached hydrogen (secondary N) is 1. The van der Waals surface area contributed by atoms with Gasteiger partial charge in [-0.15, -0.1) is 0 Å². The van der Waals surface area contributed by atoms with Crippen LogP contribution in [0.4, 0.5) is 10.1 Å². The molecule has 1 heterocycles. The van der Waals surface area contributed by atoms with Crippen molar-refractivity contribution in [2.45, 2.75) is 19.9 Å². The minimum Gasteiger partial charge on any atom is -0.486 e. The van der Waals surface area contributed by atoms with Crippen molar-refractivity contribution in [1.29, 1.82) is 0 Å². The Bertz CT molecular complexity index is 884. The summed E-state index contributed by atoms with van der Waals surface area (Å²) in [6, 6.07) is 8.15. The van der Waals surface area contributed by atoms with Crippen LogP contribution in [0.25, 0.3) is 0 Å². The van der Waals surface area contributed by atoms with E-state index in [9.17, 15) is 19.3 Å². The molecule has 27 heavy (non-hydrogen) atoms. The summed E-state index contributed by atoms with van der Waals surface area (Å²) >= 11 is 0. The maximum absolute atomic E-state index is 13.5. The molecule has 1 amide bonds. The van der Waals surface area contributed by atoms with Gasteiger partial charge in [0.05, 0.1) is 11.0 Å². The molecule has 0 fully saturated rings. The van der Waals surface area contributed by atoms with Crippen molar-refractivity contribution in [3.8, 4) is 11.5 Å². The van der Waals surface area contributed by atoms with Gasteiger partial charge in [0, 0.05) is 11.6 Å². The molecule has 7 nitrogen and oxygen atoms in total. The number of nitro groups is 1. The Hall–Kier alpha value is -3.16. The second-order valence-corrected chi connectivity index (χ2v) is 6.52. The molecule has 3 rings (SSSR count). The standard InChI is InChI=1S/C19H19FN2O5/c1-11(2)18(12-4-6-16-17(10-12)27-8-7-26-16)21-19(23)13-3-5-14(20)15(9-13)22(24)25/h3-6,9-11,18H,7-8H2,1-2H3,(H,21,23)/t18-/m0/s1. The number of nitro benzene ring substituents is 1. The molecule has 1 aliphatic rings. The molecule has 8 heteroatoms. The fourth-order valence-electron chi connectivity index (χ4n) is 2.91. The summed E-state index contributed by atoms with van der Waals surface area (Å²) in [6.45, 7) is 4.82. The lowest BCUT2D eigenvalue weighted by Crippen LogP contribution is -2.32. The summed E-state index contributed by atoms with van der Waals surface area (Å²) in [4.78, 5) is 22.6.